The maximum atomic E-state index is 5.84. The molecule has 2 rings (SSSR count). The van der Waals surface area contributed by atoms with E-state index in [0.29, 0.717) is 0 Å². The molecule has 2 nitrogen and oxygen atoms in total. The van der Waals surface area contributed by atoms with Crippen molar-refractivity contribution < 1.29 is 0 Å². The Hall–Kier alpha value is -1.96. The molecule has 88 valence electrons. The van der Waals surface area contributed by atoms with Crippen LogP contribution in [0.1, 0.15) is 13.3 Å². The van der Waals surface area contributed by atoms with Gasteiger partial charge in [0.25, 0.3) is 0 Å². The van der Waals surface area contributed by atoms with Gasteiger partial charge in [0, 0.05) is 23.6 Å². The van der Waals surface area contributed by atoms with Crippen molar-refractivity contribution in [3.05, 3.63) is 54.6 Å². The van der Waals surface area contributed by atoms with Crippen molar-refractivity contribution >= 4 is 17.1 Å². The van der Waals surface area contributed by atoms with Crippen LogP contribution in [-0.2, 0) is 0 Å². The van der Waals surface area contributed by atoms with E-state index < -0.39 is 0 Å². The van der Waals surface area contributed by atoms with Crippen molar-refractivity contribution in [2.45, 2.75) is 13.3 Å². The number of nitrogens with zero attached hydrogens (tertiary/aromatic N) is 1. The van der Waals surface area contributed by atoms with E-state index in [9.17, 15) is 0 Å². The van der Waals surface area contributed by atoms with Crippen LogP contribution >= 0.6 is 0 Å². The number of nitrogens with two attached hydrogens (primary N) is 1. The molecule has 0 spiro atoms. The number of anilines is 3. The van der Waals surface area contributed by atoms with E-state index in [-0.39, 0.29) is 0 Å². The Morgan fingerprint density at radius 2 is 1.65 bits per heavy atom. The molecule has 0 amide bonds. The molecule has 0 unspecified atom stereocenters. The Morgan fingerprint density at radius 1 is 0.941 bits per heavy atom. The lowest BCUT2D eigenvalue weighted by atomic mass is 10.2. The standard InChI is InChI=1S/C15H18N2/c1-2-11-17(14-8-4-3-5-9-14)15-10-6-7-13(16)12-15/h3-10,12H,2,11,16H2,1H3. The predicted molar refractivity (Wildman–Crippen MR) is 74.6 cm³/mol. The van der Waals surface area contributed by atoms with Crippen LogP contribution in [-0.4, -0.2) is 6.54 Å². The third-order valence-corrected chi connectivity index (χ3v) is 2.70. The van der Waals surface area contributed by atoms with Crippen LogP contribution < -0.4 is 10.6 Å². The Bertz CT molecular complexity index is 465. The first kappa shape index (κ1) is 11.5. The molecule has 0 bridgehead atoms. The van der Waals surface area contributed by atoms with Crippen molar-refractivity contribution in [1.82, 2.24) is 0 Å². The molecular formula is C15H18N2. The van der Waals surface area contributed by atoms with Gasteiger partial charge in [0.15, 0.2) is 0 Å². The first-order valence-electron chi connectivity index (χ1n) is 5.99. The van der Waals surface area contributed by atoms with Crippen LogP contribution in [0.5, 0.6) is 0 Å². The molecule has 0 aliphatic rings. The van der Waals surface area contributed by atoms with Gasteiger partial charge in [-0.25, -0.2) is 0 Å². The summed E-state index contributed by atoms with van der Waals surface area (Å²) in [5.74, 6) is 0. The van der Waals surface area contributed by atoms with E-state index in [1.807, 2.05) is 24.3 Å². The van der Waals surface area contributed by atoms with Gasteiger partial charge in [-0.05, 0) is 36.8 Å². The quantitative estimate of drug-likeness (QED) is 0.803. The molecule has 0 aliphatic carbocycles. The second-order valence-corrected chi connectivity index (χ2v) is 4.08. The van der Waals surface area contributed by atoms with E-state index >= 15 is 0 Å². The fourth-order valence-electron chi connectivity index (χ4n) is 1.93. The highest BCUT2D eigenvalue weighted by Gasteiger charge is 2.07. The first-order valence-corrected chi connectivity index (χ1v) is 5.99. The van der Waals surface area contributed by atoms with Crippen molar-refractivity contribution in [1.29, 1.82) is 0 Å². The van der Waals surface area contributed by atoms with Gasteiger partial charge >= 0.3 is 0 Å². The highest BCUT2D eigenvalue weighted by Crippen LogP contribution is 2.26. The van der Waals surface area contributed by atoms with E-state index in [0.717, 1.165) is 24.3 Å². The summed E-state index contributed by atoms with van der Waals surface area (Å²) in [6.45, 7) is 3.18. The van der Waals surface area contributed by atoms with Crippen LogP contribution in [0.3, 0.4) is 0 Å². The maximum Gasteiger partial charge on any atom is 0.0431 e. The summed E-state index contributed by atoms with van der Waals surface area (Å²) in [6.07, 6.45) is 1.10. The molecule has 2 aromatic rings. The number of benzene rings is 2. The van der Waals surface area contributed by atoms with Gasteiger partial charge in [-0.3, -0.25) is 0 Å². The van der Waals surface area contributed by atoms with Crippen LogP contribution in [0.15, 0.2) is 54.6 Å². The summed E-state index contributed by atoms with van der Waals surface area (Å²) in [5.41, 5.74) is 9.01. The van der Waals surface area contributed by atoms with E-state index in [4.69, 9.17) is 5.73 Å². The smallest absolute Gasteiger partial charge is 0.0431 e. The van der Waals surface area contributed by atoms with Gasteiger partial charge in [-0.15, -0.1) is 0 Å². The van der Waals surface area contributed by atoms with Gasteiger partial charge in [0.1, 0.15) is 0 Å². The van der Waals surface area contributed by atoms with E-state index in [2.05, 4.69) is 42.2 Å². The topological polar surface area (TPSA) is 29.3 Å². The van der Waals surface area contributed by atoms with Crippen LogP contribution in [0, 0.1) is 0 Å². The monoisotopic (exact) mass is 226 g/mol. The lowest BCUT2D eigenvalue weighted by molar-refractivity contribution is 0.886. The van der Waals surface area contributed by atoms with Gasteiger partial charge in [0.2, 0.25) is 0 Å². The second-order valence-electron chi connectivity index (χ2n) is 4.08. The molecule has 0 heterocycles. The molecule has 0 radical (unpaired) electrons. The maximum absolute atomic E-state index is 5.84. The zero-order chi connectivity index (χ0) is 12.1. The highest BCUT2D eigenvalue weighted by molar-refractivity contribution is 5.66. The first-order chi connectivity index (χ1) is 8.31. The molecule has 2 heteroatoms. The number of hydrogen-bond donors (Lipinski definition) is 1. The molecule has 0 aliphatic heterocycles. The minimum Gasteiger partial charge on any atom is -0.399 e. The van der Waals surface area contributed by atoms with Crippen molar-refractivity contribution in [2.75, 3.05) is 17.2 Å². The summed E-state index contributed by atoms with van der Waals surface area (Å²) < 4.78 is 0. The van der Waals surface area contributed by atoms with Crippen LogP contribution in [0.2, 0.25) is 0 Å². The summed E-state index contributed by atoms with van der Waals surface area (Å²) >= 11 is 0. The molecule has 0 saturated carbocycles. The fourth-order valence-corrected chi connectivity index (χ4v) is 1.93. The second kappa shape index (κ2) is 5.39. The van der Waals surface area contributed by atoms with E-state index in [1.54, 1.807) is 0 Å². The van der Waals surface area contributed by atoms with Gasteiger partial charge in [0.05, 0.1) is 0 Å². The minimum absolute atomic E-state index is 0.805. The zero-order valence-electron chi connectivity index (χ0n) is 10.1. The average Bonchev–Trinajstić information content (AvgIpc) is 2.37. The molecule has 2 aromatic carbocycles. The van der Waals surface area contributed by atoms with Crippen molar-refractivity contribution in [3.63, 3.8) is 0 Å². The fraction of sp³-hybridized carbons (Fsp3) is 0.200. The summed E-state index contributed by atoms with van der Waals surface area (Å²) in [7, 11) is 0. The lowest BCUT2D eigenvalue weighted by Crippen LogP contribution is -2.17. The molecule has 17 heavy (non-hydrogen) atoms. The predicted octanol–water partition coefficient (Wildman–Crippen LogP) is 3.82. The van der Waals surface area contributed by atoms with E-state index in [1.165, 1.54) is 5.69 Å². The molecular weight excluding hydrogens is 208 g/mol. The summed E-state index contributed by atoms with van der Waals surface area (Å²) in [4.78, 5) is 2.29. The van der Waals surface area contributed by atoms with Crippen LogP contribution in [0.4, 0.5) is 17.1 Å². The van der Waals surface area contributed by atoms with Gasteiger partial charge < -0.3 is 10.6 Å². The SMILES string of the molecule is CCCN(c1ccccc1)c1cccc(N)c1. The third kappa shape index (κ3) is 2.78. The number of para-hydroxylation sites is 1. The van der Waals surface area contributed by atoms with Crippen LogP contribution in [0.25, 0.3) is 0 Å². The van der Waals surface area contributed by atoms with Crippen molar-refractivity contribution in [2.24, 2.45) is 0 Å². The minimum atomic E-state index is 0.805. The third-order valence-electron chi connectivity index (χ3n) is 2.70. The molecule has 0 aromatic heterocycles. The highest BCUT2D eigenvalue weighted by atomic mass is 15.1. The summed E-state index contributed by atoms with van der Waals surface area (Å²) in [5, 5.41) is 0. The Labute approximate surface area is 103 Å². The molecule has 2 N–H and O–H groups in total. The zero-order valence-corrected chi connectivity index (χ0v) is 10.1. The number of hydrogen-bond acceptors (Lipinski definition) is 2. The normalized spacial score (nSPS) is 10.2. The average molecular weight is 226 g/mol. The Morgan fingerprint density at radius 3 is 2.29 bits per heavy atom. The number of nitrogen functional groups attached to an aromatic ring is 1. The Balaban J connectivity index is 2.35. The van der Waals surface area contributed by atoms with Crippen molar-refractivity contribution in [3.8, 4) is 0 Å². The lowest BCUT2D eigenvalue weighted by Gasteiger charge is -2.24. The molecule has 0 atom stereocenters. The van der Waals surface area contributed by atoms with Gasteiger partial charge in [-0.2, -0.15) is 0 Å². The van der Waals surface area contributed by atoms with Gasteiger partial charge in [-0.1, -0.05) is 31.2 Å². The molecule has 0 saturated heterocycles. The summed E-state index contributed by atoms with van der Waals surface area (Å²) in [6, 6.07) is 18.4. The molecule has 0 fully saturated rings. The largest absolute Gasteiger partial charge is 0.399 e. The number of rotatable bonds is 4. The Kier molecular flexibility index (Phi) is 3.66.